The molecule has 112 valence electrons. The summed E-state index contributed by atoms with van der Waals surface area (Å²) in [5.41, 5.74) is 0. The van der Waals surface area contributed by atoms with Crippen LogP contribution >= 0.6 is 11.3 Å². The average Bonchev–Trinajstić information content (AvgIpc) is 3.19. The van der Waals surface area contributed by atoms with E-state index < -0.39 is 10.0 Å². The molecule has 0 N–H and O–H groups in total. The molecule has 1 aliphatic rings. The van der Waals surface area contributed by atoms with Crippen molar-refractivity contribution in [3.05, 3.63) is 40.8 Å². The zero-order valence-electron chi connectivity index (χ0n) is 11.4. The molecule has 0 aliphatic carbocycles. The molecule has 2 aromatic rings. The van der Waals surface area contributed by atoms with Gasteiger partial charge >= 0.3 is 0 Å². The third-order valence-corrected chi connectivity index (χ3v) is 6.04. The van der Waals surface area contributed by atoms with Crippen LogP contribution in [0.4, 0.5) is 0 Å². The quantitative estimate of drug-likeness (QED) is 0.848. The first-order chi connectivity index (χ1) is 10.2. The summed E-state index contributed by atoms with van der Waals surface area (Å²) in [6.07, 6.45) is 3.61. The van der Waals surface area contributed by atoms with Crippen LogP contribution in [0.3, 0.4) is 0 Å². The van der Waals surface area contributed by atoms with Crippen molar-refractivity contribution in [2.75, 3.05) is 13.1 Å². The highest BCUT2D eigenvalue weighted by molar-refractivity contribution is 7.89. The summed E-state index contributed by atoms with van der Waals surface area (Å²) < 4.78 is 31.9. The zero-order valence-corrected chi connectivity index (χ0v) is 13.1. The van der Waals surface area contributed by atoms with Crippen molar-refractivity contribution in [1.29, 1.82) is 0 Å². The fraction of sp³-hybridized carbons (Fsp3) is 0.357. The minimum atomic E-state index is -3.35. The molecular weight excluding hydrogens is 308 g/mol. The van der Waals surface area contributed by atoms with Crippen molar-refractivity contribution in [3.63, 3.8) is 0 Å². The van der Waals surface area contributed by atoms with Gasteiger partial charge in [-0.3, -0.25) is 0 Å². The number of thiazole rings is 1. The van der Waals surface area contributed by atoms with E-state index in [0.29, 0.717) is 30.3 Å². The highest BCUT2D eigenvalue weighted by Gasteiger charge is 2.26. The Morgan fingerprint density at radius 2 is 1.90 bits per heavy atom. The molecule has 21 heavy (non-hydrogen) atoms. The predicted molar refractivity (Wildman–Crippen MR) is 80.9 cm³/mol. The number of rotatable bonds is 5. The summed E-state index contributed by atoms with van der Waals surface area (Å²) in [6, 6.07) is 6.59. The molecule has 1 aromatic carbocycles. The Morgan fingerprint density at radius 3 is 2.52 bits per heavy atom. The van der Waals surface area contributed by atoms with Crippen LogP contribution in [0, 0.1) is 0 Å². The lowest BCUT2D eigenvalue weighted by Gasteiger charge is -2.15. The maximum Gasteiger partial charge on any atom is 0.243 e. The van der Waals surface area contributed by atoms with Crippen LogP contribution in [0.15, 0.2) is 40.7 Å². The van der Waals surface area contributed by atoms with Crippen molar-refractivity contribution < 1.29 is 13.2 Å². The lowest BCUT2D eigenvalue weighted by Crippen LogP contribution is -2.27. The summed E-state index contributed by atoms with van der Waals surface area (Å²) in [7, 11) is -3.35. The molecule has 1 aliphatic heterocycles. The van der Waals surface area contributed by atoms with E-state index in [1.807, 2.05) is 5.38 Å². The lowest BCUT2D eigenvalue weighted by molar-refractivity contribution is 0.305. The van der Waals surface area contributed by atoms with Gasteiger partial charge in [-0.05, 0) is 37.1 Å². The maximum absolute atomic E-state index is 12.4. The van der Waals surface area contributed by atoms with E-state index in [9.17, 15) is 8.42 Å². The smallest absolute Gasteiger partial charge is 0.243 e. The van der Waals surface area contributed by atoms with Gasteiger partial charge in [-0.15, -0.1) is 11.3 Å². The summed E-state index contributed by atoms with van der Waals surface area (Å²) in [5, 5.41) is 2.79. The molecule has 0 amide bonds. The molecule has 0 atom stereocenters. The largest absolute Gasteiger partial charge is 0.486 e. The Kier molecular flexibility index (Phi) is 4.23. The molecule has 5 nitrogen and oxygen atoms in total. The Bertz CT molecular complexity index is 676. The summed E-state index contributed by atoms with van der Waals surface area (Å²) in [6.45, 7) is 1.63. The molecule has 1 saturated heterocycles. The van der Waals surface area contributed by atoms with Crippen molar-refractivity contribution in [2.45, 2.75) is 24.3 Å². The van der Waals surface area contributed by atoms with Crippen molar-refractivity contribution in [3.8, 4) is 5.75 Å². The number of hydrogen-bond donors (Lipinski definition) is 0. The molecule has 1 aromatic heterocycles. The third-order valence-electron chi connectivity index (χ3n) is 3.37. The van der Waals surface area contributed by atoms with E-state index in [4.69, 9.17) is 4.74 Å². The standard InChI is InChI=1S/C14H16N2O3S2/c17-21(18,16-8-1-2-9-16)13-5-3-12(4-6-13)19-11-14-15-7-10-20-14/h3-7,10H,1-2,8-9,11H2. The zero-order chi connectivity index (χ0) is 14.7. The van der Waals surface area contributed by atoms with Gasteiger partial charge in [0.2, 0.25) is 10.0 Å². The molecule has 1 fully saturated rings. The van der Waals surface area contributed by atoms with Gasteiger partial charge in [0.1, 0.15) is 17.4 Å². The molecule has 3 rings (SSSR count). The number of nitrogens with zero attached hydrogens (tertiary/aromatic N) is 2. The monoisotopic (exact) mass is 324 g/mol. The minimum absolute atomic E-state index is 0.325. The fourth-order valence-electron chi connectivity index (χ4n) is 2.25. The van der Waals surface area contributed by atoms with Crippen LogP contribution in [0.2, 0.25) is 0 Å². The van der Waals surface area contributed by atoms with Crippen LogP contribution < -0.4 is 4.74 Å². The van der Waals surface area contributed by atoms with Crippen LogP contribution in [0.25, 0.3) is 0 Å². The fourth-order valence-corrected chi connectivity index (χ4v) is 4.30. The molecule has 0 saturated carbocycles. The Balaban J connectivity index is 1.68. The van der Waals surface area contributed by atoms with Crippen molar-refractivity contribution in [2.24, 2.45) is 0 Å². The number of sulfonamides is 1. The van der Waals surface area contributed by atoms with E-state index in [1.165, 1.54) is 11.3 Å². The number of ether oxygens (including phenoxy) is 1. The van der Waals surface area contributed by atoms with E-state index in [2.05, 4.69) is 4.98 Å². The van der Waals surface area contributed by atoms with Gasteiger partial charge in [0.25, 0.3) is 0 Å². The van der Waals surface area contributed by atoms with Crippen LogP contribution in [-0.4, -0.2) is 30.8 Å². The van der Waals surface area contributed by atoms with E-state index >= 15 is 0 Å². The van der Waals surface area contributed by atoms with Gasteiger partial charge in [0, 0.05) is 24.7 Å². The topological polar surface area (TPSA) is 59.5 Å². The molecule has 0 radical (unpaired) electrons. The second-order valence-electron chi connectivity index (χ2n) is 4.80. The first kappa shape index (κ1) is 14.5. The van der Waals surface area contributed by atoms with Gasteiger partial charge < -0.3 is 4.74 Å². The minimum Gasteiger partial charge on any atom is -0.486 e. The summed E-state index contributed by atoms with van der Waals surface area (Å²) in [5.74, 6) is 0.644. The molecule has 7 heteroatoms. The van der Waals surface area contributed by atoms with Crippen LogP contribution in [0.1, 0.15) is 17.8 Å². The molecule has 0 unspecified atom stereocenters. The molecular formula is C14H16N2O3S2. The first-order valence-electron chi connectivity index (χ1n) is 6.78. The van der Waals surface area contributed by atoms with Gasteiger partial charge in [0.05, 0.1) is 4.90 Å². The highest BCUT2D eigenvalue weighted by atomic mass is 32.2. The Labute approximate surface area is 128 Å². The maximum atomic E-state index is 12.4. The molecule has 2 heterocycles. The number of benzene rings is 1. The van der Waals surface area contributed by atoms with Crippen molar-refractivity contribution in [1.82, 2.24) is 9.29 Å². The van der Waals surface area contributed by atoms with Crippen LogP contribution in [-0.2, 0) is 16.6 Å². The van der Waals surface area contributed by atoms with Gasteiger partial charge in [-0.25, -0.2) is 13.4 Å². The van der Waals surface area contributed by atoms with E-state index in [1.54, 1.807) is 34.8 Å². The molecule has 0 bridgehead atoms. The SMILES string of the molecule is O=S(=O)(c1ccc(OCc2nccs2)cc1)N1CCCC1. The second-order valence-corrected chi connectivity index (χ2v) is 7.71. The van der Waals surface area contributed by atoms with Gasteiger partial charge in [0.15, 0.2) is 0 Å². The van der Waals surface area contributed by atoms with Gasteiger partial charge in [-0.2, -0.15) is 4.31 Å². The first-order valence-corrected chi connectivity index (χ1v) is 9.09. The summed E-state index contributed by atoms with van der Waals surface area (Å²) in [4.78, 5) is 4.46. The predicted octanol–water partition coefficient (Wildman–Crippen LogP) is 2.51. The number of aromatic nitrogens is 1. The van der Waals surface area contributed by atoms with Gasteiger partial charge in [-0.1, -0.05) is 0 Å². The number of hydrogen-bond acceptors (Lipinski definition) is 5. The normalized spacial score (nSPS) is 16.2. The van der Waals surface area contributed by atoms with Crippen LogP contribution in [0.5, 0.6) is 5.75 Å². The van der Waals surface area contributed by atoms with E-state index in [-0.39, 0.29) is 0 Å². The second kappa shape index (κ2) is 6.13. The third kappa shape index (κ3) is 3.25. The Hall–Kier alpha value is -1.44. The molecule has 0 spiro atoms. The average molecular weight is 324 g/mol. The summed E-state index contributed by atoms with van der Waals surface area (Å²) >= 11 is 1.53. The highest BCUT2D eigenvalue weighted by Crippen LogP contribution is 2.23. The Morgan fingerprint density at radius 1 is 1.19 bits per heavy atom. The van der Waals surface area contributed by atoms with Crippen molar-refractivity contribution >= 4 is 21.4 Å². The lowest BCUT2D eigenvalue weighted by atomic mass is 10.3. The van der Waals surface area contributed by atoms with E-state index in [0.717, 1.165) is 17.8 Å².